The minimum Gasteiger partial charge on any atom is -0.497 e. The summed E-state index contributed by atoms with van der Waals surface area (Å²) < 4.78 is 24.3. The number of rotatable bonds is 6. The van der Waals surface area contributed by atoms with E-state index < -0.39 is 0 Å². The van der Waals surface area contributed by atoms with Crippen LogP contribution in [0.25, 0.3) is 11.1 Å². The molecule has 2 aromatic carbocycles. The molecule has 0 saturated carbocycles. The Morgan fingerprint density at radius 1 is 1.00 bits per heavy atom. The molecule has 21 heavy (non-hydrogen) atoms. The summed E-state index contributed by atoms with van der Waals surface area (Å²) >= 11 is 0. The highest BCUT2D eigenvalue weighted by molar-refractivity contribution is 5.75. The molecule has 4 heteroatoms. The molecule has 0 aliphatic heterocycles. The van der Waals surface area contributed by atoms with Crippen molar-refractivity contribution in [1.82, 2.24) is 5.32 Å². The van der Waals surface area contributed by atoms with E-state index in [9.17, 15) is 4.39 Å². The standard InChI is InChI=1S/C17H20FNO2/c1-4-19-11-12-5-6-13(18)9-15(12)16-10-14(20-2)7-8-17(16)21-3/h5-10,19H,4,11H2,1-3H3. The summed E-state index contributed by atoms with van der Waals surface area (Å²) in [6.07, 6.45) is 0. The predicted octanol–water partition coefficient (Wildman–Crippen LogP) is 3.62. The van der Waals surface area contributed by atoms with Crippen molar-refractivity contribution in [3.63, 3.8) is 0 Å². The second-order valence-corrected chi connectivity index (χ2v) is 4.65. The number of halogens is 1. The largest absolute Gasteiger partial charge is 0.497 e. The molecule has 0 amide bonds. The van der Waals surface area contributed by atoms with Gasteiger partial charge in [0.2, 0.25) is 0 Å². The Kier molecular flexibility index (Phi) is 5.17. The lowest BCUT2D eigenvalue weighted by atomic mass is 9.98. The van der Waals surface area contributed by atoms with E-state index in [1.54, 1.807) is 20.3 Å². The third-order valence-electron chi connectivity index (χ3n) is 3.33. The van der Waals surface area contributed by atoms with Gasteiger partial charge in [-0.25, -0.2) is 4.39 Å². The summed E-state index contributed by atoms with van der Waals surface area (Å²) in [5.41, 5.74) is 2.65. The third-order valence-corrected chi connectivity index (χ3v) is 3.33. The number of benzene rings is 2. The van der Waals surface area contributed by atoms with Crippen molar-refractivity contribution in [2.24, 2.45) is 0 Å². The zero-order chi connectivity index (χ0) is 15.2. The highest BCUT2D eigenvalue weighted by Gasteiger charge is 2.12. The number of nitrogens with one attached hydrogen (secondary N) is 1. The first-order valence-electron chi connectivity index (χ1n) is 6.91. The Balaban J connectivity index is 2.55. The van der Waals surface area contributed by atoms with Crippen molar-refractivity contribution in [1.29, 1.82) is 0 Å². The van der Waals surface area contributed by atoms with Crippen LogP contribution in [0.1, 0.15) is 12.5 Å². The first kappa shape index (κ1) is 15.3. The highest BCUT2D eigenvalue weighted by Crippen LogP contribution is 2.35. The van der Waals surface area contributed by atoms with Crippen LogP contribution < -0.4 is 14.8 Å². The van der Waals surface area contributed by atoms with Crippen molar-refractivity contribution in [3.8, 4) is 22.6 Å². The van der Waals surface area contributed by atoms with E-state index in [1.165, 1.54) is 12.1 Å². The molecule has 112 valence electrons. The van der Waals surface area contributed by atoms with E-state index in [0.29, 0.717) is 18.0 Å². The molecular formula is C17H20FNO2. The maximum atomic E-state index is 13.7. The second kappa shape index (κ2) is 7.09. The van der Waals surface area contributed by atoms with Crippen LogP contribution in [0.5, 0.6) is 11.5 Å². The number of ether oxygens (including phenoxy) is 2. The van der Waals surface area contributed by atoms with Crippen LogP contribution >= 0.6 is 0 Å². The number of methoxy groups -OCH3 is 2. The van der Waals surface area contributed by atoms with Crippen molar-refractivity contribution in [3.05, 3.63) is 47.8 Å². The van der Waals surface area contributed by atoms with Crippen LogP contribution in [0.15, 0.2) is 36.4 Å². The molecular weight excluding hydrogens is 269 g/mol. The van der Waals surface area contributed by atoms with Gasteiger partial charge in [-0.15, -0.1) is 0 Å². The third kappa shape index (κ3) is 3.52. The lowest BCUT2D eigenvalue weighted by molar-refractivity contribution is 0.404. The lowest BCUT2D eigenvalue weighted by Gasteiger charge is -2.15. The van der Waals surface area contributed by atoms with E-state index in [2.05, 4.69) is 5.32 Å². The molecule has 0 spiro atoms. The Bertz CT molecular complexity index is 614. The van der Waals surface area contributed by atoms with E-state index in [-0.39, 0.29) is 5.82 Å². The predicted molar refractivity (Wildman–Crippen MR) is 82.3 cm³/mol. The Morgan fingerprint density at radius 2 is 1.81 bits per heavy atom. The molecule has 0 aromatic heterocycles. The molecule has 0 aliphatic rings. The zero-order valence-corrected chi connectivity index (χ0v) is 12.6. The summed E-state index contributed by atoms with van der Waals surface area (Å²) in [6.45, 7) is 3.56. The fourth-order valence-electron chi connectivity index (χ4n) is 2.24. The molecule has 0 unspecified atom stereocenters. The molecule has 0 saturated heterocycles. The topological polar surface area (TPSA) is 30.5 Å². The van der Waals surface area contributed by atoms with Crippen LogP contribution in [-0.2, 0) is 6.54 Å². The van der Waals surface area contributed by atoms with E-state index in [0.717, 1.165) is 23.2 Å². The Hall–Kier alpha value is -2.07. The van der Waals surface area contributed by atoms with Gasteiger partial charge in [-0.1, -0.05) is 13.0 Å². The van der Waals surface area contributed by atoms with E-state index in [4.69, 9.17) is 9.47 Å². The first-order valence-corrected chi connectivity index (χ1v) is 6.91. The summed E-state index contributed by atoms with van der Waals surface area (Å²) in [7, 11) is 3.21. The van der Waals surface area contributed by atoms with Crippen molar-refractivity contribution in [2.45, 2.75) is 13.5 Å². The van der Waals surface area contributed by atoms with Crippen molar-refractivity contribution < 1.29 is 13.9 Å². The van der Waals surface area contributed by atoms with Gasteiger partial charge in [-0.3, -0.25) is 0 Å². The summed E-state index contributed by atoms with van der Waals surface area (Å²) in [4.78, 5) is 0. The molecule has 1 N–H and O–H groups in total. The molecule has 0 bridgehead atoms. The lowest BCUT2D eigenvalue weighted by Crippen LogP contribution is -2.12. The Labute approximate surface area is 124 Å². The van der Waals surface area contributed by atoms with Crippen LogP contribution in [0.2, 0.25) is 0 Å². The fourth-order valence-corrected chi connectivity index (χ4v) is 2.24. The van der Waals surface area contributed by atoms with E-state index >= 15 is 0 Å². The molecule has 0 radical (unpaired) electrons. The molecule has 0 aliphatic carbocycles. The molecule has 0 heterocycles. The monoisotopic (exact) mass is 289 g/mol. The second-order valence-electron chi connectivity index (χ2n) is 4.65. The average molecular weight is 289 g/mol. The number of hydrogen-bond acceptors (Lipinski definition) is 3. The SMILES string of the molecule is CCNCc1ccc(F)cc1-c1cc(OC)ccc1OC. The van der Waals surface area contributed by atoms with Crippen LogP contribution in [-0.4, -0.2) is 20.8 Å². The highest BCUT2D eigenvalue weighted by atomic mass is 19.1. The van der Waals surface area contributed by atoms with Gasteiger partial charge in [-0.2, -0.15) is 0 Å². The zero-order valence-electron chi connectivity index (χ0n) is 12.6. The molecule has 0 atom stereocenters. The smallest absolute Gasteiger partial charge is 0.126 e. The van der Waals surface area contributed by atoms with Crippen LogP contribution in [0, 0.1) is 5.82 Å². The van der Waals surface area contributed by atoms with Gasteiger partial charge in [0.1, 0.15) is 17.3 Å². The van der Waals surface area contributed by atoms with Crippen LogP contribution in [0.3, 0.4) is 0 Å². The first-order chi connectivity index (χ1) is 10.2. The fraction of sp³-hybridized carbons (Fsp3) is 0.294. The van der Waals surface area contributed by atoms with Crippen molar-refractivity contribution >= 4 is 0 Å². The van der Waals surface area contributed by atoms with Gasteiger partial charge in [0.05, 0.1) is 14.2 Å². The van der Waals surface area contributed by atoms with Gasteiger partial charge in [0.25, 0.3) is 0 Å². The molecule has 2 aromatic rings. The Morgan fingerprint density at radius 3 is 2.48 bits per heavy atom. The molecule has 0 fully saturated rings. The van der Waals surface area contributed by atoms with E-state index in [1.807, 2.05) is 25.1 Å². The minimum atomic E-state index is -0.268. The maximum Gasteiger partial charge on any atom is 0.126 e. The molecule has 3 nitrogen and oxygen atoms in total. The minimum absolute atomic E-state index is 0.268. The summed E-state index contributed by atoms with van der Waals surface area (Å²) in [5, 5.41) is 3.27. The van der Waals surface area contributed by atoms with Gasteiger partial charge in [0, 0.05) is 12.1 Å². The number of hydrogen-bond donors (Lipinski definition) is 1. The average Bonchev–Trinajstić information content (AvgIpc) is 2.53. The molecule has 2 rings (SSSR count). The maximum absolute atomic E-state index is 13.7. The quantitative estimate of drug-likeness (QED) is 0.881. The van der Waals surface area contributed by atoms with Gasteiger partial charge in [-0.05, 0) is 48.0 Å². The summed E-state index contributed by atoms with van der Waals surface area (Å²) in [6, 6.07) is 10.3. The normalized spacial score (nSPS) is 10.5. The van der Waals surface area contributed by atoms with Crippen LogP contribution in [0.4, 0.5) is 4.39 Å². The van der Waals surface area contributed by atoms with Gasteiger partial charge < -0.3 is 14.8 Å². The van der Waals surface area contributed by atoms with Gasteiger partial charge >= 0.3 is 0 Å². The van der Waals surface area contributed by atoms with Gasteiger partial charge in [0.15, 0.2) is 0 Å². The summed E-state index contributed by atoms with van der Waals surface area (Å²) in [5.74, 6) is 1.14. The van der Waals surface area contributed by atoms with Crippen molar-refractivity contribution in [2.75, 3.05) is 20.8 Å².